The Kier molecular flexibility index (Phi) is 4.62. The summed E-state index contributed by atoms with van der Waals surface area (Å²) >= 11 is 1.12. The Morgan fingerprint density at radius 1 is 1.24 bits per heavy atom. The molecule has 2 heterocycles. The van der Waals surface area contributed by atoms with Gasteiger partial charge in [0.15, 0.2) is 5.78 Å². The van der Waals surface area contributed by atoms with Gasteiger partial charge in [0.05, 0.1) is 29.1 Å². The highest BCUT2D eigenvalue weighted by Gasteiger charge is 2.42. The molecule has 0 aromatic carbocycles. The molecule has 0 bridgehead atoms. The zero-order chi connectivity index (χ0) is 15.6. The van der Waals surface area contributed by atoms with E-state index in [1.165, 1.54) is 6.20 Å². The Morgan fingerprint density at radius 2 is 1.86 bits per heavy atom. The molecule has 21 heavy (non-hydrogen) atoms. The van der Waals surface area contributed by atoms with Crippen LogP contribution in [-0.4, -0.2) is 36.0 Å². The third kappa shape index (κ3) is 2.78. The molecule has 0 radical (unpaired) electrons. The molecule has 0 amide bonds. The monoisotopic (exact) mass is 309 g/mol. The Labute approximate surface area is 126 Å². The van der Waals surface area contributed by atoms with Gasteiger partial charge in [-0.3, -0.25) is 9.79 Å². The first-order valence-corrected chi connectivity index (χ1v) is 7.37. The normalized spacial score (nSPS) is 20.7. The number of ether oxygens (including phenoxy) is 2. The van der Waals surface area contributed by atoms with Crippen molar-refractivity contribution in [2.45, 2.75) is 20.8 Å². The number of allylic oxidation sites excluding steroid dienone is 1. The fourth-order valence-electron chi connectivity index (χ4n) is 2.08. The third-order valence-corrected chi connectivity index (χ3v) is 4.29. The molecule has 0 spiro atoms. The molecule has 0 saturated carbocycles. The van der Waals surface area contributed by atoms with Gasteiger partial charge in [0.2, 0.25) is 0 Å². The molecule has 2 aliphatic rings. The van der Waals surface area contributed by atoms with E-state index < -0.39 is 17.9 Å². The highest BCUT2D eigenvalue weighted by molar-refractivity contribution is 8.18. The van der Waals surface area contributed by atoms with Crippen molar-refractivity contribution in [2.75, 3.05) is 13.2 Å². The molecule has 6 nitrogen and oxygen atoms in total. The van der Waals surface area contributed by atoms with E-state index in [4.69, 9.17) is 9.47 Å². The van der Waals surface area contributed by atoms with Crippen LogP contribution >= 0.6 is 11.8 Å². The Hall–Kier alpha value is -1.89. The van der Waals surface area contributed by atoms with E-state index in [2.05, 4.69) is 4.99 Å². The topological polar surface area (TPSA) is 82.0 Å². The Bertz CT molecular complexity index is 602. The molecule has 0 fully saturated rings. The minimum atomic E-state index is -0.687. The molecule has 0 aliphatic carbocycles. The first-order valence-electron chi connectivity index (χ1n) is 6.56. The molecule has 0 aromatic heterocycles. The second-order valence-electron chi connectivity index (χ2n) is 4.36. The van der Waals surface area contributed by atoms with E-state index in [9.17, 15) is 14.4 Å². The van der Waals surface area contributed by atoms with Crippen molar-refractivity contribution < 1.29 is 23.9 Å². The number of ketones is 1. The van der Waals surface area contributed by atoms with Crippen LogP contribution in [0.15, 0.2) is 27.2 Å². The molecule has 0 N–H and O–H groups in total. The summed E-state index contributed by atoms with van der Waals surface area (Å²) in [6.07, 6.45) is 1.21. The van der Waals surface area contributed by atoms with Crippen molar-refractivity contribution in [3.63, 3.8) is 0 Å². The molecular formula is C14H15NO5S. The average molecular weight is 309 g/mol. The van der Waals surface area contributed by atoms with E-state index in [0.717, 1.165) is 11.8 Å². The SMILES string of the molecule is CCOC(=O)C1=CN=C2SC(C(=O)OCC)=C(C)C2C1=O. The lowest BCUT2D eigenvalue weighted by atomic mass is 9.90. The van der Waals surface area contributed by atoms with Gasteiger partial charge in [0.1, 0.15) is 5.57 Å². The highest BCUT2D eigenvalue weighted by atomic mass is 32.2. The van der Waals surface area contributed by atoms with Crippen LogP contribution in [0.25, 0.3) is 0 Å². The van der Waals surface area contributed by atoms with E-state index >= 15 is 0 Å². The van der Waals surface area contributed by atoms with Crippen LogP contribution in [0.5, 0.6) is 0 Å². The zero-order valence-corrected chi connectivity index (χ0v) is 12.8. The van der Waals surface area contributed by atoms with Gasteiger partial charge in [-0.2, -0.15) is 0 Å². The molecule has 0 saturated heterocycles. The van der Waals surface area contributed by atoms with Crippen LogP contribution < -0.4 is 0 Å². The van der Waals surface area contributed by atoms with Crippen LogP contribution in [0, 0.1) is 5.92 Å². The summed E-state index contributed by atoms with van der Waals surface area (Å²) in [4.78, 5) is 40.5. The first kappa shape index (κ1) is 15.5. The third-order valence-electron chi connectivity index (χ3n) is 3.05. The highest BCUT2D eigenvalue weighted by Crippen LogP contribution is 2.42. The fraction of sp³-hybridized carbons (Fsp3) is 0.429. The van der Waals surface area contributed by atoms with Crippen molar-refractivity contribution in [1.29, 1.82) is 0 Å². The van der Waals surface area contributed by atoms with E-state index in [-0.39, 0.29) is 24.6 Å². The smallest absolute Gasteiger partial charge is 0.344 e. The number of aliphatic imine (C=N–C) groups is 1. The summed E-state index contributed by atoms with van der Waals surface area (Å²) < 4.78 is 9.79. The largest absolute Gasteiger partial charge is 0.462 e. The van der Waals surface area contributed by atoms with Gasteiger partial charge < -0.3 is 9.47 Å². The molecule has 1 unspecified atom stereocenters. The lowest BCUT2D eigenvalue weighted by Gasteiger charge is -2.16. The van der Waals surface area contributed by atoms with Crippen LogP contribution in [0.2, 0.25) is 0 Å². The maximum absolute atomic E-state index is 12.4. The van der Waals surface area contributed by atoms with Gasteiger partial charge in [-0.25, -0.2) is 9.59 Å². The predicted octanol–water partition coefficient (Wildman–Crippen LogP) is 1.61. The standard InChI is InChI=1S/C14H15NO5S/c1-4-19-13(17)8-6-15-12-9(10(8)16)7(3)11(21-12)14(18)20-5-2/h6,9H,4-5H2,1-3H3. The zero-order valence-electron chi connectivity index (χ0n) is 12.0. The molecule has 2 aliphatic heterocycles. The second kappa shape index (κ2) is 6.26. The number of Topliss-reactive ketones (excluding diaryl/α,β-unsaturated/α-hetero) is 1. The number of hydrogen-bond acceptors (Lipinski definition) is 7. The van der Waals surface area contributed by atoms with Crippen molar-refractivity contribution in [1.82, 2.24) is 0 Å². The molecule has 2 rings (SSSR count). The Balaban J connectivity index is 2.29. The van der Waals surface area contributed by atoms with Crippen molar-refractivity contribution in [2.24, 2.45) is 10.9 Å². The molecule has 112 valence electrons. The summed E-state index contributed by atoms with van der Waals surface area (Å²) in [6.45, 7) is 5.49. The number of carbonyl (C=O) groups is 3. The fourth-order valence-corrected chi connectivity index (χ4v) is 3.22. The molecular weight excluding hydrogens is 294 g/mol. The van der Waals surface area contributed by atoms with Gasteiger partial charge >= 0.3 is 11.9 Å². The van der Waals surface area contributed by atoms with Gasteiger partial charge in [-0.15, -0.1) is 0 Å². The first-order chi connectivity index (χ1) is 10.0. The maximum atomic E-state index is 12.4. The lowest BCUT2D eigenvalue weighted by molar-refractivity contribution is -0.140. The number of nitrogens with zero attached hydrogens (tertiary/aromatic N) is 1. The number of rotatable bonds is 4. The minimum absolute atomic E-state index is 0.0874. The quantitative estimate of drug-likeness (QED) is 0.579. The van der Waals surface area contributed by atoms with E-state index in [0.29, 0.717) is 15.5 Å². The lowest BCUT2D eigenvalue weighted by Crippen LogP contribution is -2.29. The van der Waals surface area contributed by atoms with Gasteiger partial charge in [-0.1, -0.05) is 11.8 Å². The Morgan fingerprint density at radius 3 is 2.48 bits per heavy atom. The molecule has 7 heteroatoms. The summed E-state index contributed by atoms with van der Waals surface area (Å²) in [6, 6.07) is 0. The van der Waals surface area contributed by atoms with Crippen molar-refractivity contribution in [3.05, 3.63) is 22.3 Å². The number of hydrogen-bond donors (Lipinski definition) is 0. The van der Waals surface area contributed by atoms with Gasteiger partial charge in [0, 0.05) is 6.20 Å². The van der Waals surface area contributed by atoms with Crippen LogP contribution in [0.3, 0.4) is 0 Å². The van der Waals surface area contributed by atoms with Crippen LogP contribution in [0.1, 0.15) is 20.8 Å². The number of fused-ring (bicyclic) bond motifs is 1. The summed E-state index contributed by atoms with van der Waals surface area (Å²) in [5.41, 5.74) is 0.479. The van der Waals surface area contributed by atoms with Crippen molar-refractivity contribution in [3.8, 4) is 0 Å². The van der Waals surface area contributed by atoms with Gasteiger partial charge in [-0.05, 0) is 26.3 Å². The van der Waals surface area contributed by atoms with Crippen molar-refractivity contribution >= 4 is 34.5 Å². The molecule has 0 aromatic rings. The van der Waals surface area contributed by atoms with Gasteiger partial charge in [0.25, 0.3) is 0 Å². The predicted molar refractivity (Wildman–Crippen MR) is 77.6 cm³/mol. The number of thioether (sulfide) groups is 1. The van der Waals surface area contributed by atoms with E-state index in [1.54, 1.807) is 20.8 Å². The summed E-state index contributed by atoms with van der Waals surface area (Å²) in [5, 5.41) is 0.494. The maximum Gasteiger partial charge on any atom is 0.344 e. The van der Waals surface area contributed by atoms with E-state index in [1.807, 2.05) is 0 Å². The summed E-state index contributed by atoms with van der Waals surface area (Å²) in [7, 11) is 0. The number of carbonyl (C=O) groups excluding carboxylic acids is 3. The second-order valence-corrected chi connectivity index (χ2v) is 5.39. The minimum Gasteiger partial charge on any atom is -0.462 e. The average Bonchev–Trinajstić information content (AvgIpc) is 2.78. The summed E-state index contributed by atoms with van der Waals surface area (Å²) in [5.74, 6) is -2.23. The van der Waals surface area contributed by atoms with Crippen LogP contribution in [0.4, 0.5) is 0 Å². The van der Waals surface area contributed by atoms with Crippen LogP contribution in [-0.2, 0) is 23.9 Å². The number of esters is 2. The molecule has 1 atom stereocenters.